The molecule has 0 fully saturated rings. The first-order valence-corrected chi connectivity index (χ1v) is 7.16. The van der Waals surface area contributed by atoms with Crippen molar-refractivity contribution in [3.63, 3.8) is 0 Å². The second kappa shape index (κ2) is 7.82. The largest absolute Gasteiger partial charge is 0.382 e. The van der Waals surface area contributed by atoms with Crippen molar-refractivity contribution in [3.8, 4) is 0 Å². The van der Waals surface area contributed by atoms with Crippen LogP contribution in [-0.2, 0) is 0 Å². The van der Waals surface area contributed by atoms with Gasteiger partial charge in [-0.05, 0) is 31.0 Å². The Labute approximate surface area is 117 Å². The molecule has 3 nitrogen and oxygen atoms in total. The molecule has 0 radical (unpaired) electrons. The average molecular weight is 262 g/mol. The molecular weight excluding hydrogens is 236 g/mol. The van der Waals surface area contributed by atoms with Gasteiger partial charge in [-0.3, -0.25) is 4.79 Å². The third-order valence-corrected chi connectivity index (χ3v) is 3.16. The van der Waals surface area contributed by atoms with Gasteiger partial charge in [-0.2, -0.15) is 0 Å². The van der Waals surface area contributed by atoms with Crippen molar-refractivity contribution in [3.05, 3.63) is 29.8 Å². The van der Waals surface area contributed by atoms with Gasteiger partial charge in [0.25, 0.3) is 5.91 Å². The lowest BCUT2D eigenvalue weighted by Crippen LogP contribution is -2.22. The Kier molecular flexibility index (Phi) is 6.40. The van der Waals surface area contributed by atoms with E-state index in [1.54, 1.807) is 19.0 Å². The zero-order valence-corrected chi connectivity index (χ0v) is 12.6. The van der Waals surface area contributed by atoms with Crippen molar-refractivity contribution in [2.75, 3.05) is 19.4 Å². The molecule has 0 saturated carbocycles. The maximum atomic E-state index is 11.9. The molecule has 3 heteroatoms. The number of anilines is 1. The number of rotatable bonds is 7. The zero-order chi connectivity index (χ0) is 14.3. The lowest BCUT2D eigenvalue weighted by atomic mass is 10.1. The molecule has 0 unspecified atom stereocenters. The van der Waals surface area contributed by atoms with Crippen LogP contribution in [0.15, 0.2) is 24.3 Å². The highest BCUT2D eigenvalue weighted by atomic mass is 16.2. The van der Waals surface area contributed by atoms with Crippen LogP contribution in [0, 0.1) is 0 Å². The topological polar surface area (TPSA) is 32.3 Å². The summed E-state index contributed by atoms with van der Waals surface area (Å²) in [6, 6.07) is 8.28. The molecule has 0 aliphatic heterocycles. The monoisotopic (exact) mass is 262 g/mol. The summed E-state index contributed by atoms with van der Waals surface area (Å²) < 4.78 is 0. The predicted molar refractivity (Wildman–Crippen MR) is 81.7 cm³/mol. The number of amides is 1. The first-order valence-electron chi connectivity index (χ1n) is 7.16. The minimum Gasteiger partial charge on any atom is -0.382 e. The highest BCUT2D eigenvalue weighted by molar-refractivity contribution is 5.94. The standard InChI is InChI=1S/C16H26N2O/c1-5-8-14(9-6-2)17-15-11-7-10-13(12-15)16(19)18(3)4/h7,10-12,14,17H,5-6,8-9H2,1-4H3. The molecule has 0 atom stereocenters. The third kappa shape index (κ3) is 4.93. The second-order valence-corrected chi connectivity index (χ2v) is 5.20. The fourth-order valence-corrected chi connectivity index (χ4v) is 2.22. The van der Waals surface area contributed by atoms with E-state index in [4.69, 9.17) is 0 Å². The second-order valence-electron chi connectivity index (χ2n) is 5.20. The minimum atomic E-state index is 0.0474. The van der Waals surface area contributed by atoms with E-state index in [1.807, 2.05) is 24.3 Å². The van der Waals surface area contributed by atoms with Crippen LogP contribution in [0.5, 0.6) is 0 Å². The van der Waals surface area contributed by atoms with E-state index in [0.29, 0.717) is 6.04 Å². The molecular formula is C16H26N2O. The summed E-state index contributed by atoms with van der Waals surface area (Å²) in [5, 5.41) is 3.54. The van der Waals surface area contributed by atoms with Crippen LogP contribution in [-0.4, -0.2) is 30.9 Å². The quantitative estimate of drug-likeness (QED) is 0.811. The van der Waals surface area contributed by atoms with E-state index >= 15 is 0 Å². The summed E-state index contributed by atoms with van der Waals surface area (Å²) in [6.45, 7) is 4.41. The van der Waals surface area contributed by atoms with Crippen molar-refractivity contribution in [2.24, 2.45) is 0 Å². The molecule has 19 heavy (non-hydrogen) atoms. The normalized spacial score (nSPS) is 10.6. The van der Waals surface area contributed by atoms with Gasteiger partial charge in [-0.25, -0.2) is 0 Å². The van der Waals surface area contributed by atoms with Gasteiger partial charge in [-0.1, -0.05) is 32.8 Å². The SMILES string of the molecule is CCCC(CCC)Nc1cccc(C(=O)N(C)C)c1. The van der Waals surface area contributed by atoms with Crippen molar-refractivity contribution in [2.45, 2.75) is 45.6 Å². The highest BCUT2D eigenvalue weighted by Gasteiger charge is 2.10. The Balaban J connectivity index is 2.77. The number of carbonyl (C=O) groups excluding carboxylic acids is 1. The summed E-state index contributed by atoms with van der Waals surface area (Å²) in [4.78, 5) is 13.5. The van der Waals surface area contributed by atoms with Crippen LogP contribution >= 0.6 is 0 Å². The molecule has 0 spiro atoms. The molecule has 106 valence electrons. The Morgan fingerprint density at radius 2 is 1.84 bits per heavy atom. The van der Waals surface area contributed by atoms with Crippen molar-refractivity contribution in [1.82, 2.24) is 4.90 Å². The number of hydrogen-bond donors (Lipinski definition) is 1. The number of nitrogens with zero attached hydrogens (tertiary/aromatic N) is 1. The molecule has 0 aliphatic carbocycles. The van der Waals surface area contributed by atoms with Crippen LogP contribution in [0.4, 0.5) is 5.69 Å². The molecule has 1 rings (SSSR count). The Bertz CT molecular complexity index is 395. The molecule has 1 aromatic rings. The van der Waals surface area contributed by atoms with Gasteiger partial charge in [0.15, 0.2) is 0 Å². The van der Waals surface area contributed by atoms with Gasteiger partial charge in [0, 0.05) is 31.4 Å². The fourth-order valence-electron chi connectivity index (χ4n) is 2.22. The molecule has 0 bridgehead atoms. The average Bonchev–Trinajstić information content (AvgIpc) is 2.38. The molecule has 1 aromatic carbocycles. The molecule has 1 amide bonds. The smallest absolute Gasteiger partial charge is 0.253 e. The van der Waals surface area contributed by atoms with Crippen LogP contribution in [0.2, 0.25) is 0 Å². The number of hydrogen-bond acceptors (Lipinski definition) is 2. The molecule has 0 aromatic heterocycles. The van der Waals surface area contributed by atoms with E-state index in [0.717, 1.165) is 11.3 Å². The number of carbonyl (C=O) groups is 1. The lowest BCUT2D eigenvalue weighted by molar-refractivity contribution is 0.0827. The Morgan fingerprint density at radius 1 is 1.21 bits per heavy atom. The first-order chi connectivity index (χ1) is 9.08. The fraction of sp³-hybridized carbons (Fsp3) is 0.562. The molecule has 0 saturated heterocycles. The van der Waals surface area contributed by atoms with Crippen molar-refractivity contribution >= 4 is 11.6 Å². The molecule has 0 heterocycles. The first kappa shape index (κ1) is 15.5. The van der Waals surface area contributed by atoms with Gasteiger partial charge in [0.2, 0.25) is 0 Å². The number of nitrogens with one attached hydrogen (secondary N) is 1. The molecule has 0 aliphatic rings. The maximum absolute atomic E-state index is 11.9. The van der Waals surface area contributed by atoms with Gasteiger partial charge >= 0.3 is 0 Å². The zero-order valence-electron chi connectivity index (χ0n) is 12.6. The molecule has 1 N–H and O–H groups in total. The van der Waals surface area contributed by atoms with E-state index in [9.17, 15) is 4.79 Å². The third-order valence-electron chi connectivity index (χ3n) is 3.16. The van der Waals surface area contributed by atoms with E-state index in [2.05, 4.69) is 19.2 Å². The van der Waals surface area contributed by atoms with Crippen molar-refractivity contribution in [1.29, 1.82) is 0 Å². The van der Waals surface area contributed by atoms with E-state index in [1.165, 1.54) is 25.7 Å². The van der Waals surface area contributed by atoms with Gasteiger partial charge in [-0.15, -0.1) is 0 Å². The van der Waals surface area contributed by atoms with Gasteiger partial charge in [0.1, 0.15) is 0 Å². The summed E-state index contributed by atoms with van der Waals surface area (Å²) in [5.41, 5.74) is 1.78. The Hall–Kier alpha value is -1.51. The van der Waals surface area contributed by atoms with E-state index in [-0.39, 0.29) is 5.91 Å². The predicted octanol–water partition coefficient (Wildman–Crippen LogP) is 3.77. The summed E-state index contributed by atoms with van der Waals surface area (Å²) in [7, 11) is 3.55. The van der Waals surface area contributed by atoms with Crippen molar-refractivity contribution < 1.29 is 4.79 Å². The van der Waals surface area contributed by atoms with Crippen LogP contribution in [0.3, 0.4) is 0 Å². The minimum absolute atomic E-state index is 0.0474. The van der Waals surface area contributed by atoms with Crippen LogP contribution in [0.1, 0.15) is 49.9 Å². The van der Waals surface area contributed by atoms with Gasteiger partial charge in [0.05, 0.1) is 0 Å². The van der Waals surface area contributed by atoms with Crippen LogP contribution < -0.4 is 5.32 Å². The van der Waals surface area contributed by atoms with Crippen LogP contribution in [0.25, 0.3) is 0 Å². The summed E-state index contributed by atoms with van der Waals surface area (Å²) in [5.74, 6) is 0.0474. The maximum Gasteiger partial charge on any atom is 0.253 e. The number of benzene rings is 1. The lowest BCUT2D eigenvalue weighted by Gasteiger charge is -2.19. The van der Waals surface area contributed by atoms with Gasteiger partial charge < -0.3 is 10.2 Å². The summed E-state index contributed by atoms with van der Waals surface area (Å²) >= 11 is 0. The Morgan fingerprint density at radius 3 is 2.37 bits per heavy atom. The van der Waals surface area contributed by atoms with E-state index < -0.39 is 0 Å². The summed E-state index contributed by atoms with van der Waals surface area (Å²) in [6.07, 6.45) is 4.68. The highest BCUT2D eigenvalue weighted by Crippen LogP contribution is 2.16.